The van der Waals surface area contributed by atoms with E-state index >= 15 is 0 Å². The lowest BCUT2D eigenvalue weighted by Crippen LogP contribution is -2.52. The number of hydrogen-bond donors (Lipinski definition) is 1. The second-order valence-corrected chi connectivity index (χ2v) is 6.40. The van der Waals surface area contributed by atoms with Gasteiger partial charge in [0.2, 0.25) is 11.8 Å². The van der Waals surface area contributed by atoms with Crippen LogP contribution >= 0.6 is 0 Å². The zero-order valence-electron chi connectivity index (χ0n) is 15.6. The van der Waals surface area contributed by atoms with Gasteiger partial charge in [-0.1, -0.05) is 24.3 Å². The van der Waals surface area contributed by atoms with Crippen molar-refractivity contribution < 1.29 is 19.1 Å². The molecule has 0 saturated carbocycles. The molecule has 2 aromatic carbocycles. The summed E-state index contributed by atoms with van der Waals surface area (Å²) < 4.78 is 10.3. The number of piperazine rings is 1. The van der Waals surface area contributed by atoms with Gasteiger partial charge >= 0.3 is 0 Å². The molecule has 6 heteroatoms. The SMILES string of the molecule is COc1ccc(CCC(=O)N2CCNC(=O)C2c2ccc(OC)cc2)cc1. The van der Waals surface area contributed by atoms with Crippen LogP contribution in [0.2, 0.25) is 0 Å². The van der Waals surface area contributed by atoms with Crippen LogP contribution in [0.25, 0.3) is 0 Å². The van der Waals surface area contributed by atoms with E-state index < -0.39 is 6.04 Å². The lowest BCUT2D eigenvalue weighted by atomic mass is 10.0. The van der Waals surface area contributed by atoms with Gasteiger partial charge in [0.1, 0.15) is 17.5 Å². The van der Waals surface area contributed by atoms with Crippen LogP contribution in [0.1, 0.15) is 23.6 Å². The van der Waals surface area contributed by atoms with Gasteiger partial charge in [-0.05, 0) is 41.8 Å². The average Bonchev–Trinajstić information content (AvgIpc) is 2.72. The van der Waals surface area contributed by atoms with Crippen molar-refractivity contribution >= 4 is 11.8 Å². The number of methoxy groups -OCH3 is 2. The fraction of sp³-hybridized carbons (Fsp3) is 0.333. The number of aryl methyl sites for hydroxylation is 1. The molecule has 0 aliphatic carbocycles. The Labute approximate surface area is 159 Å². The van der Waals surface area contributed by atoms with Gasteiger partial charge in [0, 0.05) is 19.5 Å². The van der Waals surface area contributed by atoms with Crippen LogP contribution in [-0.4, -0.2) is 44.0 Å². The number of amides is 2. The summed E-state index contributed by atoms with van der Waals surface area (Å²) in [4.78, 5) is 27.0. The van der Waals surface area contributed by atoms with Crippen molar-refractivity contribution in [3.8, 4) is 11.5 Å². The lowest BCUT2D eigenvalue weighted by Gasteiger charge is -2.35. The highest BCUT2D eigenvalue weighted by atomic mass is 16.5. The van der Waals surface area contributed by atoms with E-state index in [-0.39, 0.29) is 11.8 Å². The number of rotatable bonds is 6. The molecule has 1 aliphatic rings. The minimum Gasteiger partial charge on any atom is -0.497 e. The fourth-order valence-corrected chi connectivity index (χ4v) is 3.24. The molecule has 2 aromatic rings. The molecule has 0 aromatic heterocycles. The topological polar surface area (TPSA) is 67.9 Å². The third-order valence-electron chi connectivity index (χ3n) is 4.75. The van der Waals surface area contributed by atoms with Gasteiger partial charge < -0.3 is 19.7 Å². The van der Waals surface area contributed by atoms with Crippen LogP contribution in [0.4, 0.5) is 0 Å². The third kappa shape index (κ3) is 4.39. The van der Waals surface area contributed by atoms with Gasteiger partial charge in [0.15, 0.2) is 0 Å². The van der Waals surface area contributed by atoms with E-state index in [0.29, 0.717) is 31.7 Å². The Kier molecular flexibility index (Phi) is 5.96. The van der Waals surface area contributed by atoms with Gasteiger partial charge in [0.05, 0.1) is 14.2 Å². The lowest BCUT2D eigenvalue weighted by molar-refractivity contribution is -0.143. The summed E-state index contributed by atoms with van der Waals surface area (Å²) in [5, 5.41) is 2.85. The van der Waals surface area contributed by atoms with E-state index in [1.54, 1.807) is 31.3 Å². The number of carbonyl (C=O) groups is 2. The molecule has 1 aliphatic heterocycles. The zero-order chi connectivity index (χ0) is 19.2. The Balaban J connectivity index is 1.70. The largest absolute Gasteiger partial charge is 0.497 e. The molecule has 0 spiro atoms. The van der Waals surface area contributed by atoms with E-state index in [1.165, 1.54) is 0 Å². The first kappa shape index (κ1) is 18.8. The highest BCUT2D eigenvalue weighted by Crippen LogP contribution is 2.26. The summed E-state index contributed by atoms with van der Waals surface area (Å²) in [6, 6.07) is 14.3. The maximum Gasteiger partial charge on any atom is 0.247 e. The van der Waals surface area contributed by atoms with Crippen LogP contribution in [0.3, 0.4) is 0 Å². The van der Waals surface area contributed by atoms with E-state index in [1.807, 2.05) is 36.4 Å². The van der Waals surface area contributed by atoms with Crippen LogP contribution < -0.4 is 14.8 Å². The molecule has 1 unspecified atom stereocenters. The van der Waals surface area contributed by atoms with Crippen molar-refractivity contribution in [2.45, 2.75) is 18.9 Å². The quantitative estimate of drug-likeness (QED) is 0.850. The number of nitrogens with zero attached hydrogens (tertiary/aromatic N) is 1. The number of ether oxygens (including phenoxy) is 2. The average molecular weight is 368 g/mol. The smallest absolute Gasteiger partial charge is 0.247 e. The number of hydrogen-bond acceptors (Lipinski definition) is 4. The Morgan fingerprint density at radius 1 is 1.04 bits per heavy atom. The number of carbonyl (C=O) groups excluding carboxylic acids is 2. The highest BCUT2D eigenvalue weighted by Gasteiger charge is 2.33. The molecule has 1 N–H and O–H groups in total. The first-order chi connectivity index (χ1) is 13.1. The molecule has 1 saturated heterocycles. The molecule has 142 valence electrons. The van der Waals surface area contributed by atoms with E-state index in [9.17, 15) is 9.59 Å². The molecular formula is C21H24N2O4. The highest BCUT2D eigenvalue weighted by molar-refractivity contribution is 5.89. The first-order valence-electron chi connectivity index (χ1n) is 8.96. The van der Waals surface area contributed by atoms with Crippen LogP contribution in [0.15, 0.2) is 48.5 Å². The van der Waals surface area contributed by atoms with Crippen molar-refractivity contribution in [3.63, 3.8) is 0 Å². The van der Waals surface area contributed by atoms with E-state index in [0.717, 1.165) is 16.9 Å². The summed E-state index contributed by atoms with van der Waals surface area (Å²) in [5.74, 6) is 1.33. The second-order valence-electron chi connectivity index (χ2n) is 6.40. The summed E-state index contributed by atoms with van der Waals surface area (Å²) in [6.45, 7) is 0.976. The Hall–Kier alpha value is -3.02. The van der Waals surface area contributed by atoms with Gasteiger partial charge in [-0.2, -0.15) is 0 Å². The van der Waals surface area contributed by atoms with Gasteiger partial charge in [-0.25, -0.2) is 0 Å². The van der Waals surface area contributed by atoms with Crippen molar-refractivity contribution in [1.82, 2.24) is 10.2 Å². The first-order valence-corrected chi connectivity index (χ1v) is 8.96. The summed E-state index contributed by atoms with van der Waals surface area (Å²) in [6.07, 6.45) is 0.975. The Morgan fingerprint density at radius 3 is 2.22 bits per heavy atom. The fourth-order valence-electron chi connectivity index (χ4n) is 3.24. The summed E-state index contributed by atoms with van der Waals surface area (Å²) in [7, 11) is 3.22. The maximum absolute atomic E-state index is 12.8. The minimum atomic E-state index is -0.604. The second kappa shape index (κ2) is 8.58. The minimum absolute atomic E-state index is 0.0264. The summed E-state index contributed by atoms with van der Waals surface area (Å²) >= 11 is 0. The molecule has 1 heterocycles. The predicted octanol–water partition coefficient (Wildman–Crippen LogP) is 2.34. The Morgan fingerprint density at radius 2 is 1.63 bits per heavy atom. The van der Waals surface area contributed by atoms with Gasteiger partial charge in [0.25, 0.3) is 0 Å². The third-order valence-corrected chi connectivity index (χ3v) is 4.75. The van der Waals surface area contributed by atoms with Crippen molar-refractivity contribution in [3.05, 3.63) is 59.7 Å². The molecular weight excluding hydrogens is 344 g/mol. The maximum atomic E-state index is 12.8. The standard InChI is InChI=1S/C21H24N2O4/c1-26-17-8-3-15(4-9-17)5-12-19(24)23-14-13-22-21(25)20(23)16-6-10-18(27-2)11-7-16/h3-4,6-11,20H,5,12-14H2,1-2H3,(H,22,25). The van der Waals surface area contributed by atoms with Crippen molar-refractivity contribution in [2.75, 3.05) is 27.3 Å². The Bertz CT molecular complexity index is 787. The van der Waals surface area contributed by atoms with Crippen LogP contribution in [-0.2, 0) is 16.0 Å². The monoisotopic (exact) mass is 368 g/mol. The van der Waals surface area contributed by atoms with Crippen LogP contribution in [0.5, 0.6) is 11.5 Å². The molecule has 6 nitrogen and oxygen atoms in total. The van der Waals surface area contributed by atoms with Crippen LogP contribution in [0, 0.1) is 0 Å². The van der Waals surface area contributed by atoms with Gasteiger partial charge in [-0.15, -0.1) is 0 Å². The van der Waals surface area contributed by atoms with Gasteiger partial charge in [-0.3, -0.25) is 9.59 Å². The normalized spacial score (nSPS) is 16.6. The van der Waals surface area contributed by atoms with Crippen molar-refractivity contribution in [2.24, 2.45) is 0 Å². The van der Waals surface area contributed by atoms with Crippen molar-refractivity contribution in [1.29, 1.82) is 0 Å². The summed E-state index contributed by atoms with van der Waals surface area (Å²) in [5.41, 5.74) is 1.84. The molecule has 0 bridgehead atoms. The zero-order valence-corrected chi connectivity index (χ0v) is 15.6. The molecule has 3 rings (SSSR count). The number of benzene rings is 2. The molecule has 2 amide bonds. The van der Waals surface area contributed by atoms with E-state index in [4.69, 9.17) is 9.47 Å². The van der Waals surface area contributed by atoms with E-state index in [2.05, 4.69) is 5.32 Å². The predicted molar refractivity (Wildman–Crippen MR) is 102 cm³/mol. The number of nitrogens with one attached hydrogen (secondary N) is 1. The molecule has 1 fully saturated rings. The molecule has 0 radical (unpaired) electrons. The molecule has 1 atom stereocenters. The molecule has 27 heavy (non-hydrogen) atoms.